The second kappa shape index (κ2) is 8.65. The van der Waals surface area contributed by atoms with Gasteiger partial charge in [-0.3, -0.25) is 0 Å². The summed E-state index contributed by atoms with van der Waals surface area (Å²) in [5.74, 6) is 6.33. The Kier molecular flexibility index (Phi) is 6.15. The quantitative estimate of drug-likeness (QED) is 0.691. The van der Waals surface area contributed by atoms with Gasteiger partial charge in [-0.25, -0.2) is 0 Å². The van der Waals surface area contributed by atoms with Gasteiger partial charge in [0.1, 0.15) is 0 Å². The summed E-state index contributed by atoms with van der Waals surface area (Å²) < 4.78 is 5.65. The van der Waals surface area contributed by atoms with Crippen molar-refractivity contribution in [3.8, 4) is 0 Å². The monoisotopic (exact) mass is 444 g/mol. The summed E-state index contributed by atoms with van der Waals surface area (Å²) in [6.45, 7) is 11.1. The standard InChI is InChI=1S/C26H44N4O2/c1-5-32-16-26(31)13-11-20-19(14-26)6-7-22-21(20)10-12-25(4)23(8-9-24(22)25)17(2)15-30-28-18(3)27-29-30/h17,19-24,31H,5-16H2,1-4H3/t17-,19+,20-,21+,22+,23?,24-,25+,26+/m0/s1. The van der Waals surface area contributed by atoms with Crippen molar-refractivity contribution in [3.05, 3.63) is 5.82 Å². The topological polar surface area (TPSA) is 73.1 Å². The average Bonchev–Trinajstić information content (AvgIpc) is 3.34. The molecular weight excluding hydrogens is 400 g/mol. The number of ether oxygens (including phenoxy) is 1. The smallest absolute Gasteiger partial charge is 0.171 e. The molecule has 180 valence electrons. The van der Waals surface area contributed by atoms with Crippen molar-refractivity contribution in [2.75, 3.05) is 13.2 Å². The van der Waals surface area contributed by atoms with Gasteiger partial charge < -0.3 is 9.84 Å². The summed E-state index contributed by atoms with van der Waals surface area (Å²) in [6, 6.07) is 0. The SMILES string of the molecule is CCOC[C@@]1(O)CC[C@H]2[C@H](CC[C@@H]3[C@@H]2CC[C@]2(C)C([C@@H](C)Cn4nnc(C)n4)CC[C@@H]32)C1. The number of aryl methyl sites for hydroxylation is 1. The Bertz CT molecular complexity index is 799. The highest BCUT2D eigenvalue weighted by Gasteiger charge is 2.58. The van der Waals surface area contributed by atoms with Crippen LogP contribution in [0, 0.1) is 53.8 Å². The van der Waals surface area contributed by atoms with Crippen LogP contribution < -0.4 is 0 Å². The highest BCUT2D eigenvalue weighted by atomic mass is 16.5. The maximum atomic E-state index is 11.1. The van der Waals surface area contributed by atoms with E-state index in [1.807, 2.05) is 18.6 Å². The Hall–Kier alpha value is -1.01. The van der Waals surface area contributed by atoms with Gasteiger partial charge in [0.05, 0.1) is 18.8 Å². The summed E-state index contributed by atoms with van der Waals surface area (Å²) in [5, 5.41) is 23.9. The normalized spacial score (nSPS) is 44.5. The van der Waals surface area contributed by atoms with Crippen molar-refractivity contribution in [2.45, 2.75) is 97.6 Å². The molecule has 4 aliphatic carbocycles. The first-order valence-electron chi connectivity index (χ1n) is 13.4. The predicted molar refractivity (Wildman–Crippen MR) is 124 cm³/mol. The Labute approximate surface area is 193 Å². The molecule has 1 aromatic rings. The van der Waals surface area contributed by atoms with Crippen molar-refractivity contribution in [1.82, 2.24) is 20.2 Å². The minimum atomic E-state index is -0.575. The number of aromatic nitrogens is 4. The highest BCUT2D eigenvalue weighted by molar-refractivity contribution is 5.07. The minimum Gasteiger partial charge on any atom is -0.387 e. The number of hydrogen-bond donors (Lipinski definition) is 1. The first-order chi connectivity index (χ1) is 15.3. The molecule has 1 unspecified atom stereocenters. The predicted octanol–water partition coefficient (Wildman–Crippen LogP) is 4.65. The van der Waals surface area contributed by atoms with E-state index >= 15 is 0 Å². The summed E-state index contributed by atoms with van der Waals surface area (Å²) in [7, 11) is 0. The molecule has 0 radical (unpaired) electrons. The zero-order valence-corrected chi connectivity index (χ0v) is 20.7. The Morgan fingerprint density at radius 2 is 1.91 bits per heavy atom. The third-order valence-corrected chi connectivity index (χ3v) is 10.4. The van der Waals surface area contributed by atoms with Crippen LogP contribution >= 0.6 is 0 Å². The van der Waals surface area contributed by atoms with Crippen LogP contribution in [-0.4, -0.2) is 44.1 Å². The molecule has 32 heavy (non-hydrogen) atoms. The molecule has 0 bridgehead atoms. The van der Waals surface area contributed by atoms with E-state index in [1.54, 1.807) is 0 Å². The number of fused-ring (bicyclic) bond motifs is 5. The lowest BCUT2D eigenvalue weighted by atomic mass is 9.48. The maximum Gasteiger partial charge on any atom is 0.171 e. The van der Waals surface area contributed by atoms with Gasteiger partial charge >= 0.3 is 0 Å². The van der Waals surface area contributed by atoms with Gasteiger partial charge in [-0.15, -0.1) is 10.2 Å². The van der Waals surface area contributed by atoms with Crippen LogP contribution in [0.5, 0.6) is 0 Å². The van der Waals surface area contributed by atoms with Crippen molar-refractivity contribution in [2.24, 2.45) is 46.8 Å². The van der Waals surface area contributed by atoms with E-state index in [0.29, 0.717) is 30.5 Å². The van der Waals surface area contributed by atoms with E-state index in [-0.39, 0.29) is 0 Å². The van der Waals surface area contributed by atoms with E-state index in [1.165, 1.54) is 44.9 Å². The zero-order chi connectivity index (χ0) is 22.5. The zero-order valence-electron chi connectivity index (χ0n) is 20.7. The summed E-state index contributed by atoms with van der Waals surface area (Å²) in [4.78, 5) is 1.82. The van der Waals surface area contributed by atoms with E-state index in [0.717, 1.165) is 54.8 Å². The molecule has 6 nitrogen and oxygen atoms in total. The van der Waals surface area contributed by atoms with Gasteiger partial charge in [0, 0.05) is 6.61 Å². The minimum absolute atomic E-state index is 0.466. The van der Waals surface area contributed by atoms with Gasteiger partial charge in [0.15, 0.2) is 5.82 Å². The molecule has 0 amide bonds. The number of rotatable bonds is 6. The van der Waals surface area contributed by atoms with Crippen LogP contribution in [0.2, 0.25) is 0 Å². The number of hydrogen-bond acceptors (Lipinski definition) is 5. The summed E-state index contributed by atoms with van der Waals surface area (Å²) >= 11 is 0. The molecule has 1 aromatic heterocycles. The molecule has 9 atom stereocenters. The van der Waals surface area contributed by atoms with E-state index in [4.69, 9.17) is 4.74 Å². The lowest BCUT2D eigenvalue weighted by Gasteiger charge is -2.57. The third-order valence-electron chi connectivity index (χ3n) is 10.4. The van der Waals surface area contributed by atoms with Crippen molar-refractivity contribution < 1.29 is 9.84 Å². The molecule has 4 saturated carbocycles. The fourth-order valence-corrected chi connectivity index (χ4v) is 9.15. The Morgan fingerprint density at radius 3 is 2.66 bits per heavy atom. The lowest BCUT2D eigenvalue weighted by Crippen LogP contribution is -2.52. The molecule has 0 aliphatic heterocycles. The van der Waals surface area contributed by atoms with Crippen LogP contribution in [0.15, 0.2) is 0 Å². The van der Waals surface area contributed by atoms with Gasteiger partial charge in [-0.05, 0) is 124 Å². The lowest BCUT2D eigenvalue weighted by molar-refractivity contribution is -0.129. The van der Waals surface area contributed by atoms with Gasteiger partial charge in [-0.1, -0.05) is 13.8 Å². The molecule has 6 heteroatoms. The largest absolute Gasteiger partial charge is 0.387 e. The molecule has 4 fully saturated rings. The molecule has 4 aliphatic rings. The first kappa shape index (κ1) is 22.8. The first-order valence-corrected chi connectivity index (χ1v) is 13.4. The fourth-order valence-electron chi connectivity index (χ4n) is 9.15. The molecule has 1 heterocycles. The van der Waals surface area contributed by atoms with E-state index in [2.05, 4.69) is 29.3 Å². The van der Waals surface area contributed by atoms with Crippen LogP contribution in [0.4, 0.5) is 0 Å². The number of nitrogens with zero attached hydrogens (tertiary/aromatic N) is 4. The maximum absolute atomic E-state index is 11.1. The van der Waals surface area contributed by atoms with Crippen LogP contribution in [0.25, 0.3) is 0 Å². The Balaban J connectivity index is 1.26. The van der Waals surface area contributed by atoms with Crippen molar-refractivity contribution >= 4 is 0 Å². The molecule has 0 aromatic carbocycles. The molecule has 0 spiro atoms. The number of aliphatic hydroxyl groups is 1. The summed E-state index contributed by atoms with van der Waals surface area (Å²) in [6.07, 6.45) is 11.3. The van der Waals surface area contributed by atoms with Gasteiger partial charge in [0.25, 0.3) is 0 Å². The van der Waals surface area contributed by atoms with Crippen molar-refractivity contribution in [1.29, 1.82) is 0 Å². The van der Waals surface area contributed by atoms with Crippen LogP contribution in [0.1, 0.15) is 84.4 Å². The average molecular weight is 445 g/mol. The molecular formula is C26H44N4O2. The molecule has 1 N–H and O–H groups in total. The highest BCUT2D eigenvalue weighted by Crippen LogP contribution is 2.65. The van der Waals surface area contributed by atoms with Gasteiger partial charge in [0.2, 0.25) is 0 Å². The molecule has 5 rings (SSSR count). The van der Waals surface area contributed by atoms with Crippen LogP contribution in [-0.2, 0) is 11.3 Å². The number of tetrazole rings is 1. The van der Waals surface area contributed by atoms with Gasteiger partial charge in [-0.2, -0.15) is 4.80 Å². The van der Waals surface area contributed by atoms with E-state index in [9.17, 15) is 5.11 Å². The second-order valence-corrected chi connectivity index (χ2v) is 12.1. The third kappa shape index (κ3) is 3.93. The fraction of sp³-hybridized carbons (Fsp3) is 0.962. The Morgan fingerprint density at radius 1 is 1.09 bits per heavy atom. The second-order valence-electron chi connectivity index (χ2n) is 12.1. The van der Waals surface area contributed by atoms with Crippen molar-refractivity contribution in [3.63, 3.8) is 0 Å². The van der Waals surface area contributed by atoms with Crippen LogP contribution in [0.3, 0.4) is 0 Å². The molecule has 0 saturated heterocycles. The van der Waals surface area contributed by atoms with E-state index < -0.39 is 5.60 Å². The summed E-state index contributed by atoms with van der Waals surface area (Å²) in [5.41, 5.74) is -0.109.